The van der Waals surface area contributed by atoms with Gasteiger partial charge in [-0.1, -0.05) is 12.1 Å². The van der Waals surface area contributed by atoms with Crippen molar-refractivity contribution in [2.75, 3.05) is 45.8 Å². The second-order valence-electron chi connectivity index (χ2n) is 7.31. The molecule has 1 aromatic carbocycles. The minimum atomic E-state index is 0. The Labute approximate surface area is 163 Å². The molecular weight excluding hydrogens is 350 g/mol. The first-order valence-electron chi connectivity index (χ1n) is 9.56. The average Bonchev–Trinajstić information content (AvgIpc) is 2.64. The molecule has 0 saturated carbocycles. The van der Waals surface area contributed by atoms with Crippen LogP contribution in [0.2, 0.25) is 0 Å². The fraction of sp³-hybridized carbons (Fsp3) is 0.650. The summed E-state index contributed by atoms with van der Waals surface area (Å²) in [6, 6.07) is 6.38. The van der Waals surface area contributed by atoms with E-state index in [9.17, 15) is 4.79 Å². The van der Waals surface area contributed by atoms with Crippen molar-refractivity contribution in [2.24, 2.45) is 0 Å². The highest BCUT2D eigenvalue weighted by Gasteiger charge is 2.22. The number of carbonyl (C=O) groups is 1. The number of nitrogens with zero attached hydrogens (tertiary/aromatic N) is 2. The first-order valence-corrected chi connectivity index (χ1v) is 9.56. The minimum Gasteiger partial charge on any atom is -0.490 e. The van der Waals surface area contributed by atoms with Crippen LogP contribution >= 0.6 is 12.4 Å². The predicted molar refractivity (Wildman–Crippen MR) is 107 cm³/mol. The molecule has 146 valence electrons. The third-order valence-electron chi connectivity index (χ3n) is 5.28. The number of amides is 1. The molecule has 3 rings (SSSR count). The summed E-state index contributed by atoms with van der Waals surface area (Å²) in [6.45, 7) is 10.7. The lowest BCUT2D eigenvalue weighted by atomic mass is 10.1. The number of aryl methyl sites for hydroxylation is 2. The second kappa shape index (κ2) is 10.1. The van der Waals surface area contributed by atoms with Crippen LogP contribution in [0.5, 0.6) is 5.75 Å². The molecule has 2 saturated heterocycles. The quantitative estimate of drug-likeness (QED) is 0.850. The van der Waals surface area contributed by atoms with E-state index < -0.39 is 0 Å². The van der Waals surface area contributed by atoms with Crippen LogP contribution in [0.1, 0.15) is 30.4 Å². The smallest absolute Gasteiger partial charge is 0.223 e. The SMILES string of the molecule is Cc1ccc(C)c(OC2CCN(CCC(=O)N3CCNCC3)CC2)c1.Cl. The van der Waals surface area contributed by atoms with Gasteiger partial charge in [-0.15, -0.1) is 12.4 Å². The molecule has 6 heteroatoms. The highest BCUT2D eigenvalue weighted by atomic mass is 35.5. The number of likely N-dealkylation sites (tertiary alicyclic amines) is 1. The standard InChI is InChI=1S/C20H31N3O2.ClH/c1-16-3-4-17(2)19(15-16)25-18-5-10-22(11-6-18)12-7-20(24)23-13-8-21-9-14-23;/h3-4,15,18,21H,5-14H2,1-2H3;1H. The Hall–Kier alpha value is -1.30. The van der Waals surface area contributed by atoms with E-state index in [4.69, 9.17) is 4.74 Å². The van der Waals surface area contributed by atoms with Gasteiger partial charge in [0.2, 0.25) is 5.91 Å². The van der Waals surface area contributed by atoms with Crippen LogP contribution in [0.15, 0.2) is 18.2 Å². The van der Waals surface area contributed by atoms with E-state index >= 15 is 0 Å². The van der Waals surface area contributed by atoms with Crippen molar-refractivity contribution in [3.05, 3.63) is 29.3 Å². The number of ether oxygens (including phenoxy) is 1. The summed E-state index contributed by atoms with van der Waals surface area (Å²) in [5.41, 5.74) is 2.44. The van der Waals surface area contributed by atoms with E-state index in [0.717, 1.165) is 64.4 Å². The highest BCUT2D eigenvalue weighted by Crippen LogP contribution is 2.24. The molecule has 2 fully saturated rings. The number of rotatable bonds is 5. The molecule has 1 aromatic rings. The van der Waals surface area contributed by atoms with Crippen molar-refractivity contribution >= 4 is 18.3 Å². The Morgan fingerprint density at radius 2 is 1.85 bits per heavy atom. The van der Waals surface area contributed by atoms with Crippen molar-refractivity contribution in [2.45, 2.75) is 39.2 Å². The van der Waals surface area contributed by atoms with Crippen LogP contribution in [0.3, 0.4) is 0 Å². The summed E-state index contributed by atoms with van der Waals surface area (Å²) in [5.74, 6) is 1.32. The number of benzene rings is 1. The summed E-state index contributed by atoms with van der Waals surface area (Å²) < 4.78 is 6.23. The monoisotopic (exact) mass is 381 g/mol. The molecule has 1 amide bonds. The number of hydrogen-bond donors (Lipinski definition) is 1. The summed E-state index contributed by atoms with van der Waals surface area (Å²) in [6.07, 6.45) is 3.01. The van der Waals surface area contributed by atoms with Gasteiger partial charge in [-0.05, 0) is 43.9 Å². The molecule has 0 bridgehead atoms. The van der Waals surface area contributed by atoms with Gasteiger partial charge in [0, 0.05) is 52.2 Å². The molecule has 0 aliphatic carbocycles. The van der Waals surface area contributed by atoms with Gasteiger partial charge < -0.3 is 19.9 Å². The molecule has 5 nitrogen and oxygen atoms in total. The fourth-order valence-corrected chi connectivity index (χ4v) is 3.59. The molecule has 2 aliphatic heterocycles. The third-order valence-corrected chi connectivity index (χ3v) is 5.28. The second-order valence-corrected chi connectivity index (χ2v) is 7.31. The Morgan fingerprint density at radius 1 is 1.15 bits per heavy atom. The number of carbonyl (C=O) groups excluding carboxylic acids is 1. The minimum absolute atomic E-state index is 0. The van der Waals surface area contributed by atoms with Gasteiger partial charge in [0.05, 0.1) is 0 Å². The molecule has 2 aliphatic rings. The van der Waals surface area contributed by atoms with Crippen molar-refractivity contribution in [1.82, 2.24) is 15.1 Å². The number of hydrogen-bond acceptors (Lipinski definition) is 4. The van der Waals surface area contributed by atoms with Gasteiger partial charge in [-0.3, -0.25) is 4.79 Å². The molecule has 0 unspecified atom stereocenters. The maximum Gasteiger partial charge on any atom is 0.223 e. The van der Waals surface area contributed by atoms with Crippen LogP contribution in [-0.4, -0.2) is 67.6 Å². The van der Waals surface area contributed by atoms with E-state index in [2.05, 4.69) is 42.3 Å². The van der Waals surface area contributed by atoms with Gasteiger partial charge in [-0.2, -0.15) is 0 Å². The number of piperazine rings is 1. The summed E-state index contributed by atoms with van der Waals surface area (Å²) >= 11 is 0. The van der Waals surface area contributed by atoms with E-state index in [1.54, 1.807) is 0 Å². The van der Waals surface area contributed by atoms with E-state index in [0.29, 0.717) is 18.4 Å². The van der Waals surface area contributed by atoms with Gasteiger partial charge >= 0.3 is 0 Å². The molecule has 0 aromatic heterocycles. The van der Waals surface area contributed by atoms with Gasteiger partial charge in [-0.25, -0.2) is 0 Å². The lowest BCUT2D eigenvalue weighted by Gasteiger charge is -2.33. The first kappa shape index (κ1) is 21.0. The summed E-state index contributed by atoms with van der Waals surface area (Å²) in [7, 11) is 0. The molecule has 2 heterocycles. The van der Waals surface area contributed by atoms with Gasteiger partial charge in [0.15, 0.2) is 0 Å². The van der Waals surface area contributed by atoms with Crippen molar-refractivity contribution < 1.29 is 9.53 Å². The Bertz CT molecular complexity index is 582. The van der Waals surface area contributed by atoms with Crippen LogP contribution in [0.25, 0.3) is 0 Å². The number of piperidine rings is 1. The number of halogens is 1. The van der Waals surface area contributed by atoms with Gasteiger partial charge in [0.1, 0.15) is 11.9 Å². The Balaban J connectivity index is 0.00000243. The molecule has 1 N–H and O–H groups in total. The van der Waals surface area contributed by atoms with Crippen LogP contribution in [0.4, 0.5) is 0 Å². The zero-order valence-electron chi connectivity index (χ0n) is 16.0. The topological polar surface area (TPSA) is 44.8 Å². The van der Waals surface area contributed by atoms with Crippen molar-refractivity contribution in [1.29, 1.82) is 0 Å². The van der Waals surface area contributed by atoms with Crippen LogP contribution < -0.4 is 10.1 Å². The average molecular weight is 382 g/mol. The normalized spacial score (nSPS) is 19.1. The third kappa shape index (κ3) is 5.86. The van der Waals surface area contributed by atoms with Gasteiger partial charge in [0.25, 0.3) is 0 Å². The van der Waals surface area contributed by atoms with Crippen molar-refractivity contribution in [3.8, 4) is 5.75 Å². The zero-order chi connectivity index (χ0) is 17.6. The number of nitrogens with one attached hydrogen (secondary N) is 1. The zero-order valence-corrected chi connectivity index (χ0v) is 16.8. The lowest BCUT2D eigenvalue weighted by molar-refractivity contribution is -0.132. The highest BCUT2D eigenvalue weighted by molar-refractivity contribution is 5.85. The largest absolute Gasteiger partial charge is 0.490 e. The molecule has 26 heavy (non-hydrogen) atoms. The first-order chi connectivity index (χ1) is 12.1. The molecular formula is C20H32ClN3O2. The molecule has 0 spiro atoms. The Kier molecular flexibility index (Phi) is 8.19. The lowest BCUT2D eigenvalue weighted by Crippen LogP contribution is -2.47. The predicted octanol–water partition coefficient (Wildman–Crippen LogP) is 2.39. The van der Waals surface area contributed by atoms with E-state index in [-0.39, 0.29) is 12.4 Å². The van der Waals surface area contributed by atoms with Crippen LogP contribution in [-0.2, 0) is 4.79 Å². The van der Waals surface area contributed by atoms with Crippen LogP contribution in [0, 0.1) is 13.8 Å². The van der Waals surface area contributed by atoms with Crippen molar-refractivity contribution in [3.63, 3.8) is 0 Å². The van der Waals surface area contributed by atoms with E-state index in [1.165, 1.54) is 11.1 Å². The fourth-order valence-electron chi connectivity index (χ4n) is 3.59. The van der Waals surface area contributed by atoms with E-state index in [1.807, 2.05) is 4.90 Å². The molecule has 0 atom stereocenters. The summed E-state index contributed by atoms with van der Waals surface area (Å²) in [4.78, 5) is 16.7. The Morgan fingerprint density at radius 3 is 2.54 bits per heavy atom. The maximum atomic E-state index is 12.3. The maximum absolute atomic E-state index is 12.3. The molecule has 0 radical (unpaired) electrons. The summed E-state index contributed by atoms with van der Waals surface area (Å²) in [5, 5.41) is 3.29.